The van der Waals surface area contributed by atoms with E-state index in [0.29, 0.717) is 12.1 Å². The average Bonchev–Trinajstić information content (AvgIpc) is 2.46. The highest BCUT2D eigenvalue weighted by molar-refractivity contribution is 5.38. The molecule has 1 atom stereocenters. The summed E-state index contributed by atoms with van der Waals surface area (Å²) < 4.78 is 19.1. The van der Waals surface area contributed by atoms with Crippen molar-refractivity contribution in [1.29, 1.82) is 0 Å². The van der Waals surface area contributed by atoms with Crippen LogP contribution in [0.25, 0.3) is 0 Å². The molecule has 0 spiro atoms. The van der Waals surface area contributed by atoms with Crippen molar-refractivity contribution in [3.05, 3.63) is 59.2 Å². The molecule has 0 amide bonds. The summed E-state index contributed by atoms with van der Waals surface area (Å²) in [6.45, 7) is 2.00. The Labute approximate surface area is 117 Å². The monoisotopic (exact) mass is 275 g/mol. The fraction of sp³-hybridized carbons (Fsp3) is 0.267. The molecule has 20 heavy (non-hydrogen) atoms. The van der Waals surface area contributed by atoms with Crippen LogP contribution in [0.2, 0.25) is 0 Å². The van der Waals surface area contributed by atoms with Gasteiger partial charge in [-0.1, -0.05) is 17.7 Å². The number of benzene rings is 1. The molecule has 0 aliphatic rings. The zero-order chi connectivity index (χ0) is 14.5. The van der Waals surface area contributed by atoms with Crippen molar-refractivity contribution in [2.24, 2.45) is 5.84 Å². The number of nitrogens with zero attached hydrogens (tertiary/aromatic N) is 1. The van der Waals surface area contributed by atoms with Crippen LogP contribution in [0.15, 0.2) is 36.5 Å². The molecule has 2 rings (SSSR count). The van der Waals surface area contributed by atoms with Crippen molar-refractivity contribution < 1.29 is 9.13 Å². The number of halogens is 1. The number of methoxy groups -OCH3 is 1. The predicted octanol–water partition coefficient (Wildman–Crippen LogP) is 2.28. The second-order valence-electron chi connectivity index (χ2n) is 4.61. The fourth-order valence-electron chi connectivity index (χ4n) is 2.18. The normalized spacial score (nSPS) is 12.2. The number of hydrogen-bond donors (Lipinski definition) is 2. The lowest BCUT2D eigenvalue weighted by Gasteiger charge is -2.18. The summed E-state index contributed by atoms with van der Waals surface area (Å²) >= 11 is 0. The van der Waals surface area contributed by atoms with E-state index >= 15 is 0 Å². The lowest BCUT2D eigenvalue weighted by Crippen LogP contribution is -2.31. The van der Waals surface area contributed by atoms with Crippen LogP contribution in [-0.4, -0.2) is 12.1 Å². The van der Waals surface area contributed by atoms with E-state index < -0.39 is 6.04 Å². The van der Waals surface area contributed by atoms with Crippen molar-refractivity contribution >= 4 is 0 Å². The zero-order valence-electron chi connectivity index (χ0n) is 11.6. The van der Waals surface area contributed by atoms with Gasteiger partial charge in [0.2, 0.25) is 0 Å². The van der Waals surface area contributed by atoms with Gasteiger partial charge in [-0.2, -0.15) is 0 Å². The quantitative estimate of drug-likeness (QED) is 0.649. The fourth-order valence-corrected chi connectivity index (χ4v) is 2.18. The second-order valence-corrected chi connectivity index (χ2v) is 4.61. The van der Waals surface area contributed by atoms with Gasteiger partial charge < -0.3 is 4.74 Å². The molecule has 5 heteroatoms. The van der Waals surface area contributed by atoms with Crippen LogP contribution in [0.1, 0.15) is 22.9 Å². The lowest BCUT2D eigenvalue weighted by atomic mass is 10.0. The van der Waals surface area contributed by atoms with E-state index in [1.165, 1.54) is 6.07 Å². The molecule has 4 nitrogen and oxygen atoms in total. The Morgan fingerprint density at radius 1 is 1.40 bits per heavy atom. The van der Waals surface area contributed by atoms with E-state index in [9.17, 15) is 4.39 Å². The van der Waals surface area contributed by atoms with Gasteiger partial charge in [0.05, 0.1) is 18.8 Å². The molecule has 0 saturated heterocycles. The zero-order valence-corrected chi connectivity index (χ0v) is 11.6. The Bertz CT molecular complexity index is 589. The van der Waals surface area contributed by atoms with E-state index in [1.54, 1.807) is 19.4 Å². The van der Waals surface area contributed by atoms with Crippen molar-refractivity contribution in [3.8, 4) is 5.75 Å². The maximum absolute atomic E-state index is 13.8. The molecule has 1 aromatic heterocycles. The van der Waals surface area contributed by atoms with Crippen molar-refractivity contribution in [2.45, 2.75) is 19.4 Å². The van der Waals surface area contributed by atoms with E-state index in [1.807, 2.05) is 25.1 Å². The summed E-state index contributed by atoms with van der Waals surface area (Å²) in [6, 6.07) is 8.39. The number of rotatable bonds is 5. The van der Waals surface area contributed by atoms with Crippen LogP contribution in [-0.2, 0) is 6.42 Å². The Morgan fingerprint density at radius 3 is 2.85 bits per heavy atom. The summed E-state index contributed by atoms with van der Waals surface area (Å²) in [5, 5.41) is 0. The van der Waals surface area contributed by atoms with Gasteiger partial charge in [0, 0.05) is 6.20 Å². The Kier molecular flexibility index (Phi) is 4.65. The van der Waals surface area contributed by atoms with Crippen molar-refractivity contribution in [2.75, 3.05) is 7.11 Å². The topological polar surface area (TPSA) is 60.2 Å². The molecule has 0 fully saturated rings. The second kappa shape index (κ2) is 6.45. The molecule has 2 aromatic rings. The number of pyridine rings is 1. The van der Waals surface area contributed by atoms with Gasteiger partial charge in [-0.3, -0.25) is 16.3 Å². The minimum Gasteiger partial charge on any atom is -0.496 e. The lowest BCUT2D eigenvalue weighted by molar-refractivity contribution is 0.403. The number of ether oxygens (including phenoxy) is 1. The molecule has 106 valence electrons. The number of nitrogens with one attached hydrogen (secondary N) is 1. The average molecular weight is 275 g/mol. The van der Waals surface area contributed by atoms with Gasteiger partial charge in [0.15, 0.2) is 0 Å². The van der Waals surface area contributed by atoms with Gasteiger partial charge in [0.1, 0.15) is 11.6 Å². The third-order valence-electron chi connectivity index (χ3n) is 3.18. The highest BCUT2D eigenvalue weighted by atomic mass is 19.1. The molecule has 1 unspecified atom stereocenters. The van der Waals surface area contributed by atoms with Gasteiger partial charge in [-0.05, 0) is 37.1 Å². The molecule has 0 saturated carbocycles. The molecule has 0 radical (unpaired) electrons. The van der Waals surface area contributed by atoms with Crippen LogP contribution >= 0.6 is 0 Å². The number of hydrazine groups is 1. The molecule has 1 aromatic carbocycles. The molecular weight excluding hydrogens is 257 g/mol. The Morgan fingerprint density at radius 2 is 2.20 bits per heavy atom. The molecule has 0 bridgehead atoms. The highest BCUT2D eigenvalue weighted by Crippen LogP contribution is 2.26. The summed E-state index contributed by atoms with van der Waals surface area (Å²) in [7, 11) is 1.61. The van der Waals surface area contributed by atoms with Crippen LogP contribution in [0.4, 0.5) is 4.39 Å². The third-order valence-corrected chi connectivity index (χ3v) is 3.18. The van der Waals surface area contributed by atoms with E-state index in [2.05, 4.69) is 10.4 Å². The van der Waals surface area contributed by atoms with Crippen LogP contribution in [0.5, 0.6) is 5.75 Å². The molecule has 3 N–H and O–H groups in total. The first-order valence-corrected chi connectivity index (χ1v) is 6.35. The molecular formula is C15H18FN3O. The van der Waals surface area contributed by atoms with Crippen LogP contribution in [0.3, 0.4) is 0 Å². The van der Waals surface area contributed by atoms with E-state index in [4.69, 9.17) is 10.6 Å². The van der Waals surface area contributed by atoms with Gasteiger partial charge >= 0.3 is 0 Å². The number of aromatic nitrogens is 1. The summed E-state index contributed by atoms with van der Waals surface area (Å²) in [5.41, 5.74) is 4.99. The number of nitrogens with two attached hydrogens (primary N) is 1. The van der Waals surface area contributed by atoms with E-state index in [0.717, 1.165) is 16.9 Å². The van der Waals surface area contributed by atoms with Crippen LogP contribution < -0.4 is 16.0 Å². The smallest absolute Gasteiger partial charge is 0.146 e. The molecule has 0 aliphatic heterocycles. The Balaban J connectivity index is 2.31. The van der Waals surface area contributed by atoms with Crippen molar-refractivity contribution in [3.63, 3.8) is 0 Å². The SMILES string of the molecule is COc1ccc(C)cc1CC(NN)c1ncccc1F. The van der Waals surface area contributed by atoms with E-state index in [-0.39, 0.29) is 5.82 Å². The molecule has 1 heterocycles. The standard InChI is InChI=1S/C15H18FN3O/c1-10-5-6-14(20-2)11(8-10)9-13(19-17)15-12(16)4-3-7-18-15/h3-8,13,19H,9,17H2,1-2H3. The largest absolute Gasteiger partial charge is 0.496 e. The number of hydrogen-bond acceptors (Lipinski definition) is 4. The van der Waals surface area contributed by atoms with Gasteiger partial charge in [-0.25, -0.2) is 4.39 Å². The minimum absolute atomic E-state index is 0.304. The first-order valence-electron chi connectivity index (χ1n) is 6.35. The number of aryl methyl sites for hydroxylation is 1. The molecule has 0 aliphatic carbocycles. The summed E-state index contributed by atoms with van der Waals surface area (Å²) in [6.07, 6.45) is 2.05. The summed E-state index contributed by atoms with van der Waals surface area (Å²) in [4.78, 5) is 4.07. The minimum atomic E-state index is -0.410. The Hall–Kier alpha value is -1.98. The van der Waals surface area contributed by atoms with Gasteiger partial charge in [-0.15, -0.1) is 0 Å². The maximum Gasteiger partial charge on any atom is 0.146 e. The summed E-state index contributed by atoms with van der Waals surface area (Å²) in [5.74, 6) is 5.94. The first kappa shape index (κ1) is 14.4. The van der Waals surface area contributed by atoms with Gasteiger partial charge in [0.25, 0.3) is 0 Å². The third kappa shape index (κ3) is 3.12. The van der Waals surface area contributed by atoms with Crippen LogP contribution in [0, 0.1) is 12.7 Å². The highest BCUT2D eigenvalue weighted by Gasteiger charge is 2.18. The maximum atomic E-state index is 13.8. The predicted molar refractivity (Wildman–Crippen MR) is 75.7 cm³/mol. The first-order chi connectivity index (χ1) is 9.65. The van der Waals surface area contributed by atoms with Crippen molar-refractivity contribution in [1.82, 2.24) is 10.4 Å².